The fourth-order valence-electron chi connectivity index (χ4n) is 2.16. The third kappa shape index (κ3) is 4.13. The lowest BCUT2D eigenvalue weighted by Crippen LogP contribution is -2.22. The largest absolute Gasteiger partial charge is 0.496 e. The standard InChI is InChI=1S/C17H19Cl2NO/c1-11(2)20-10-12-4-5-13(18)8-15(12)16-9-14(19)6-7-17(16)21-3/h4-9,11,20H,10H2,1-3H3. The molecule has 0 heterocycles. The molecule has 0 spiro atoms. The van der Waals surface area contributed by atoms with Crippen LogP contribution in [0.5, 0.6) is 5.75 Å². The highest BCUT2D eigenvalue weighted by Crippen LogP contribution is 2.36. The van der Waals surface area contributed by atoms with E-state index in [1.807, 2.05) is 36.4 Å². The molecule has 0 bridgehead atoms. The highest BCUT2D eigenvalue weighted by molar-refractivity contribution is 6.31. The average molecular weight is 324 g/mol. The number of hydrogen-bond acceptors (Lipinski definition) is 2. The Bertz CT molecular complexity index is 626. The van der Waals surface area contributed by atoms with Gasteiger partial charge in [-0.15, -0.1) is 0 Å². The van der Waals surface area contributed by atoms with E-state index in [0.717, 1.165) is 29.0 Å². The SMILES string of the molecule is COc1ccc(Cl)cc1-c1cc(Cl)ccc1CNC(C)C. The Morgan fingerprint density at radius 1 is 1.00 bits per heavy atom. The molecular formula is C17H19Cl2NO. The minimum atomic E-state index is 0.412. The lowest BCUT2D eigenvalue weighted by atomic mass is 9.98. The van der Waals surface area contributed by atoms with Gasteiger partial charge >= 0.3 is 0 Å². The molecule has 0 aromatic heterocycles. The summed E-state index contributed by atoms with van der Waals surface area (Å²) in [5.74, 6) is 0.785. The summed E-state index contributed by atoms with van der Waals surface area (Å²) < 4.78 is 5.45. The van der Waals surface area contributed by atoms with E-state index in [4.69, 9.17) is 27.9 Å². The maximum absolute atomic E-state index is 6.17. The molecular weight excluding hydrogens is 305 g/mol. The molecule has 0 amide bonds. The maximum Gasteiger partial charge on any atom is 0.126 e. The van der Waals surface area contributed by atoms with Crippen LogP contribution in [0.2, 0.25) is 10.0 Å². The molecule has 0 saturated carbocycles. The second-order valence-electron chi connectivity index (χ2n) is 5.18. The molecule has 21 heavy (non-hydrogen) atoms. The zero-order valence-corrected chi connectivity index (χ0v) is 13.9. The van der Waals surface area contributed by atoms with Gasteiger partial charge in [-0.05, 0) is 41.5 Å². The molecule has 4 heteroatoms. The average Bonchev–Trinajstić information content (AvgIpc) is 2.45. The summed E-state index contributed by atoms with van der Waals surface area (Å²) in [6.45, 7) is 5.00. The minimum absolute atomic E-state index is 0.412. The first kappa shape index (κ1) is 16.2. The molecule has 0 aliphatic carbocycles. The predicted molar refractivity (Wildman–Crippen MR) is 90.4 cm³/mol. The molecule has 1 N–H and O–H groups in total. The van der Waals surface area contributed by atoms with Crippen LogP contribution < -0.4 is 10.1 Å². The molecule has 2 nitrogen and oxygen atoms in total. The van der Waals surface area contributed by atoms with Gasteiger partial charge in [-0.3, -0.25) is 0 Å². The Kier molecular flexibility index (Phi) is 5.51. The van der Waals surface area contributed by atoms with Crippen molar-refractivity contribution in [2.24, 2.45) is 0 Å². The van der Waals surface area contributed by atoms with Crippen LogP contribution in [-0.4, -0.2) is 13.2 Å². The summed E-state index contributed by atoms with van der Waals surface area (Å²) in [4.78, 5) is 0. The van der Waals surface area contributed by atoms with Gasteiger partial charge in [-0.1, -0.05) is 43.1 Å². The molecule has 2 aromatic rings. The minimum Gasteiger partial charge on any atom is -0.496 e. The lowest BCUT2D eigenvalue weighted by Gasteiger charge is -2.16. The summed E-state index contributed by atoms with van der Waals surface area (Å²) in [6.07, 6.45) is 0. The van der Waals surface area contributed by atoms with Gasteiger partial charge in [-0.25, -0.2) is 0 Å². The first-order valence-corrected chi connectivity index (χ1v) is 7.62. The zero-order chi connectivity index (χ0) is 15.4. The van der Waals surface area contributed by atoms with E-state index in [1.165, 1.54) is 0 Å². The first-order chi connectivity index (χ1) is 10.0. The van der Waals surface area contributed by atoms with E-state index in [9.17, 15) is 0 Å². The summed E-state index contributed by atoms with van der Waals surface area (Å²) in [5.41, 5.74) is 3.15. The van der Waals surface area contributed by atoms with E-state index < -0.39 is 0 Å². The molecule has 0 fully saturated rings. The van der Waals surface area contributed by atoms with E-state index in [-0.39, 0.29) is 0 Å². The molecule has 0 aliphatic heterocycles. The van der Waals surface area contributed by atoms with Crippen LogP contribution in [0.15, 0.2) is 36.4 Å². The second kappa shape index (κ2) is 7.17. The Morgan fingerprint density at radius 2 is 1.62 bits per heavy atom. The second-order valence-corrected chi connectivity index (χ2v) is 6.05. The van der Waals surface area contributed by atoms with E-state index in [0.29, 0.717) is 16.1 Å². The third-order valence-corrected chi connectivity index (χ3v) is 3.69. The monoisotopic (exact) mass is 323 g/mol. The fourth-order valence-corrected chi connectivity index (χ4v) is 2.50. The summed E-state index contributed by atoms with van der Waals surface area (Å²) >= 11 is 12.3. The topological polar surface area (TPSA) is 21.3 Å². The molecule has 0 aliphatic rings. The zero-order valence-electron chi connectivity index (χ0n) is 12.4. The van der Waals surface area contributed by atoms with Crippen molar-refractivity contribution < 1.29 is 4.74 Å². The van der Waals surface area contributed by atoms with Gasteiger partial charge in [0.1, 0.15) is 5.75 Å². The molecule has 0 unspecified atom stereocenters. The highest BCUT2D eigenvalue weighted by atomic mass is 35.5. The predicted octanol–water partition coefficient (Wildman–Crippen LogP) is 5.17. The van der Waals surface area contributed by atoms with Gasteiger partial charge in [0.25, 0.3) is 0 Å². The quantitative estimate of drug-likeness (QED) is 0.819. The molecule has 2 aromatic carbocycles. The van der Waals surface area contributed by atoms with Crippen LogP contribution in [0.1, 0.15) is 19.4 Å². The van der Waals surface area contributed by atoms with Crippen LogP contribution in [-0.2, 0) is 6.54 Å². The first-order valence-electron chi connectivity index (χ1n) is 6.87. The lowest BCUT2D eigenvalue weighted by molar-refractivity contribution is 0.416. The Labute approximate surface area is 136 Å². The maximum atomic E-state index is 6.17. The van der Waals surface area contributed by atoms with Crippen molar-refractivity contribution in [3.8, 4) is 16.9 Å². The number of nitrogens with one attached hydrogen (secondary N) is 1. The third-order valence-electron chi connectivity index (χ3n) is 3.22. The number of rotatable bonds is 5. The molecule has 0 radical (unpaired) electrons. The molecule has 0 atom stereocenters. The van der Waals surface area contributed by atoms with Crippen molar-refractivity contribution in [1.29, 1.82) is 0 Å². The van der Waals surface area contributed by atoms with E-state index in [2.05, 4.69) is 19.2 Å². The van der Waals surface area contributed by atoms with Gasteiger partial charge in [0.2, 0.25) is 0 Å². The Balaban J connectivity index is 2.51. The summed E-state index contributed by atoms with van der Waals surface area (Å²) in [6, 6.07) is 11.9. The smallest absolute Gasteiger partial charge is 0.126 e. The van der Waals surface area contributed by atoms with Crippen molar-refractivity contribution in [1.82, 2.24) is 5.32 Å². The molecule has 2 rings (SSSR count). The van der Waals surface area contributed by atoms with Crippen LogP contribution >= 0.6 is 23.2 Å². The number of methoxy groups -OCH3 is 1. The number of benzene rings is 2. The van der Waals surface area contributed by atoms with Crippen molar-refractivity contribution in [2.45, 2.75) is 26.4 Å². The van der Waals surface area contributed by atoms with Crippen molar-refractivity contribution >= 4 is 23.2 Å². The Morgan fingerprint density at radius 3 is 2.24 bits per heavy atom. The number of hydrogen-bond donors (Lipinski definition) is 1. The Hall–Kier alpha value is -1.22. The van der Waals surface area contributed by atoms with Crippen LogP contribution in [0.4, 0.5) is 0 Å². The van der Waals surface area contributed by atoms with Crippen molar-refractivity contribution in [2.75, 3.05) is 7.11 Å². The number of halogens is 2. The van der Waals surface area contributed by atoms with Gasteiger partial charge < -0.3 is 10.1 Å². The normalized spacial score (nSPS) is 11.0. The van der Waals surface area contributed by atoms with Crippen LogP contribution in [0.25, 0.3) is 11.1 Å². The van der Waals surface area contributed by atoms with Gasteiger partial charge in [0.05, 0.1) is 7.11 Å². The summed E-state index contributed by atoms with van der Waals surface area (Å²) in [7, 11) is 1.66. The van der Waals surface area contributed by atoms with Gasteiger partial charge in [0.15, 0.2) is 0 Å². The van der Waals surface area contributed by atoms with Crippen LogP contribution in [0.3, 0.4) is 0 Å². The van der Waals surface area contributed by atoms with Crippen LogP contribution in [0, 0.1) is 0 Å². The van der Waals surface area contributed by atoms with Gasteiger partial charge in [-0.2, -0.15) is 0 Å². The fraction of sp³-hybridized carbons (Fsp3) is 0.294. The van der Waals surface area contributed by atoms with Gasteiger partial charge in [0, 0.05) is 28.2 Å². The van der Waals surface area contributed by atoms with E-state index >= 15 is 0 Å². The molecule has 0 saturated heterocycles. The molecule has 112 valence electrons. The number of ether oxygens (including phenoxy) is 1. The van der Waals surface area contributed by atoms with E-state index in [1.54, 1.807) is 7.11 Å². The van der Waals surface area contributed by atoms with Crippen molar-refractivity contribution in [3.05, 3.63) is 52.0 Å². The summed E-state index contributed by atoms with van der Waals surface area (Å²) in [5, 5.41) is 4.80. The highest BCUT2D eigenvalue weighted by Gasteiger charge is 2.12. The van der Waals surface area contributed by atoms with Crippen molar-refractivity contribution in [3.63, 3.8) is 0 Å².